The van der Waals surface area contributed by atoms with Crippen LogP contribution in [0.25, 0.3) is 0 Å². The van der Waals surface area contributed by atoms with Crippen molar-refractivity contribution in [1.29, 1.82) is 0 Å². The van der Waals surface area contributed by atoms with E-state index in [9.17, 15) is 0 Å². The molecule has 1 aliphatic carbocycles. The fourth-order valence-corrected chi connectivity index (χ4v) is 0.250. The molecule has 1 fully saturated rings. The van der Waals surface area contributed by atoms with Crippen molar-refractivity contribution in [3.8, 4) is 0 Å². The molecule has 0 radical (unpaired) electrons. The third kappa shape index (κ3) is 6.21. The molecular weight excluding hydrogens is 126 g/mol. The molecule has 0 heterocycles. The summed E-state index contributed by atoms with van der Waals surface area (Å²) in [6, 6.07) is 0. The number of hydrogen-bond acceptors (Lipinski definition) is 1. The normalized spacial score (nSPS) is 18.8. The summed E-state index contributed by atoms with van der Waals surface area (Å²) >= 11 is 0. The fraction of sp³-hybridized carbons (Fsp3) is 1.00. The van der Waals surface area contributed by atoms with E-state index < -0.39 is 0 Å². The Morgan fingerprint density at radius 1 is 1.12 bits per heavy atom. The van der Waals surface area contributed by atoms with Crippen LogP contribution in [0.5, 0.6) is 0 Å². The van der Waals surface area contributed by atoms with Crippen LogP contribution in [-0.4, -0.2) is 5.48 Å². The molecule has 3 heteroatoms. The van der Waals surface area contributed by atoms with Crippen LogP contribution in [-0.2, 0) is 0 Å². The molecular formula is C5H16ClNO. The van der Waals surface area contributed by atoms with Gasteiger partial charge in [0.2, 0.25) is 0 Å². The van der Waals surface area contributed by atoms with Gasteiger partial charge in [-0.25, -0.2) is 0 Å². The van der Waals surface area contributed by atoms with Crippen LogP contribution in [0.3, 0.4) is 0 Å². The number of hydrogen-bond donors (Lipinski definition) is 1. The molecule has 2 nitrogen and oxygen atoms in total. The van der Waals surface area contributed by atoms with E-state index >= 15 is 0 Å². The summed E-state index contributed by atoms with van der Waals surface area (Å²) in [6.07, 6.45) is 2.90. The maximum Gasteiger partial charge on any atom is -0.0354 e. The third-order valence-electron chi connectivity index (χ3n) is 1.25. The lowest BCUT2D eigenvalue weighted by atomic mass is 10.2. The van der Waals surface area contributed by atoms with Gasteiger partial charge >= 0.3 is 0 Å². The van der Waals surface area contributed by atoms with Crippen molar-refractivity contribution in [2.75, 3.05) is 0 Å². The standard InChI is InChI=1S/C5H10.ClH.H3N.H2O/c1-5(2)3-4-5;;;/h3-4H2,1-2H3;1H;1H3;1H2. The van der Waals surface area contributed by atoms with E-state index in [1.165, 1.54) is 12.8 Å². The van der Waals surface area contributed by atoms with Gasteiger partial charge in [0.05, 0.1) is 0 Å². The Bertz CT molecular complexity index is 50.4. The van der Waals surface area contributed by atoms with Gasteiger partial charge in [-0.2, -0.15) is 0 Å². The molecule has 54 valence electrons. The van der Waals surface area contributed by atoms with Crippen molar-refractivity contribution >= 4 is 12.4 Å². The lowest BCUT2D eigenvalue weighted by molar-refractivity contribution is 0.653. The van der Waals surface area contributed by atoms with E-state index in [0.717, 1.165) is 5.41 Å². The van der Waals surface area contributed by atoms with Gasteiger partial charge in [0, 0.05) is 0 Å². The summed E-state index contributed by atoms with van der Waals surface area (Å²) < 4.78 is 0. The quantitative estimate of drug-likeness (QED) is 0.547. The predicted octanol–water partition coefficient (Wildman–Crippen LogP) is 1.57. The zero-order valence-electron chi connectivity index (χ0n) is 5.53. The Labute approximate surface area is 57.0 Å². The average Bonchev–Trinajstić information content (AvgIpc) is 1.76. The summed E-state index contributed by atoms with van der Waals surface area (Å²) in [6.45, 7) is 4.60. The summed E-state index contributed by atoms with van der Waals surface area (Å²) in [4.78, 5) is 0. The minimum Gasteiger partial charge on any atom is -0.412 e. The highest BCUT2D eigenvalue weighted by Crippen LogP contribution is 2.43. The van der Waals surface area contributed by atoms with Crippen molar-refractivity contribution in [1.82, 2.24) is 6.15 Å². The van der Waals surface area contributed by atoms with E-state index in [1.807, 2.05) is 0 Å². The zero-order chi connectivity index (χ0) is 3.91. The van der Waals surface area contributed by atoms with Crippen LogP contribution in [0, 0.1) is 5.41 Å². The van der Waals surface area contributed by atoms with Crippen molar-refractivity contribution in [2.24, 2.45) is 5.41 Å². The first kappa shape index (κ1) is 15.7. The molecule has 1 saturated carbocycles. The molecule has 0 aliphatic heterocycles. The van der Waals surface area contributed by atoms with E-state index in [0.29, 0.717) is 0 Å². The van der Waals surface area contributed by atoms with Gasteiger partial charge in [0.1, 0.15) is 0 Å². The maximum absolute atomic E-state index is 2.30. The molecule has 5 N–H and O–H groups in total. The fourth-order valence-electron chi connectivity index (χ4n) is 0.250. The third-order valence-corrected chi connectivity index (χ3v) is 1.25. The lowest BCUT2D eigenvalue weighted by Crippen LogP contribution is -1.75. The van der Waals surface area contributed by atoms with Crippen molar-refractivity contribution in [2.45, 2.75) is 26.7 Å². The highest BCUT2D eigenvalue weighted by atomic mass is 35.5. The highest BCUT2D eigenvalue weighted by molar-refractivity contribution is 5.85. The molecule has 0 unspecified atom stereocenters. The zero-order valence-corrected chi connectivity index (χ0v) is 6.35. The molecule has 0 bridgehead atoms. The Kier molecular flexibility index (Phi) is 8.11. The van der Waals surface area contributed by atoms with Crippen LogP contribution < -0.4 is 6.15 Å². The maximum atomic E-state index is 2.30. The topological polar surface area (TPSA) is 66.5 Å². The predicted molar refractivity (Wildman–Crippen MR) is 38.9 cm³/mol. The smallest absolute Gasteiger partial charge is 0.0354 e. The molecule has 0 amide bonds. The van der Waals surface area contributed by atoms with Gasteiger partial charge in [-0.05, 0) is 18.3 Å². The van der Waals surface area contributed by atoms with Gasteiger partial charge in [0.25, 0.3) is 0 Å². The van der Waals surface area contributed by atoms with E-state index in [4.69, 9.17) is 0 Å². The molecule has 0 atom stereocenters. The Morgan fingerprint density at radius 2 is 1.25 bits per heavy atom. The van der Waals surface area contributed by atoms with Gasteiger partial charge < -0.3 is 11.6 Å². The monoisotopic (exact) mass is 141 g/mol. The second kappa shape index (κ2) is 4.13. The molecule has 0 aromatic carbocycles. The van der Waals surface area contributed by atoms with Gasteiger partial charge in [0.15, 0.2) is 0 Å². The molecule has 1 aliphatic rings. The second-order valence-corrected chi connectivity index (χ2v) is 2.66. The Balaban J connectivity index is -0.0000000833. The number of rotatable bonds is 0. The highest BCUT2D eigenvalue weighted by Gasteiger charge is 2.30. The molecule has 0 spiro atoms. The molecule has 1 rings (SSSR count). The minimum atomic E-state index is 0. The van der Waals surface area contributed by atoms with Crippen LogP contribution in [0.2, 0.25) is 0 Å². The molecule has 8 heavy (non-hydrogen) atoms. The Hall–Kier alpha value is 0.210. The van der Waals surface area contributed by atoms with Crippen molar-refractivity contribution in [3.63, 3.8) is 0 Å². The van der Waals surface area contributed by atoms with Crippen LogP contribution >= 0.6 is 12.4 Å². The van der Waals surface area contributed by atoms with Crippen LogP contribution in [0.1, 0.15) is 26.7 Å². The SMILES string of the molecule is CC1(C)CC1.Cl.N.O. The largest absolute Gasteiger partial charge is 0.412 e. The first-order chi connectivity index (χ1) is 2.21. The van der Waals surface area contributed by atoms with Crippen molar-refractivity contribution in [3.05, 3.63) is 0 Å². The van der Waals surface area contributed by atoms with Crippen molar-refractivity contribution < 1.29 is 5.48 Å². The van der Waals surface area contributed by atoms with Gasteiger partial charge in [-0.1, -0.05) is 13.8 Å². The van der Waals surface area contributed by atoms with E-state index in [2.05, 4.69) is 13.8 Å². The second-order valence-electron chi connectivity index (χ2n) is 2.66. The molecule has 0 aromatic rings. The lowest BCUT2D eigenvalue weighted by Gasteiger charge is -1.86. The molecule has 0 saturated heterocycles. The van der Waals surface area contributed by atoms with E-state index in [1.54, 1.807) is 0 Å². The summed E-state index contributed by atoms with van der Waals surface area (Å²) in [5.74, 6) is 0. The number of halogens is 1. The summed E-state index contributed by atoms with van der Waals surface area (Å²) in [7, 11) is 0. The van der Waals surface area contributed by atoms with Gasteiger partial charge in [-0.3, -0.25) is 0 Å². The van der Waals surface area contributed by atoms with Gasteiger partial charge in [-0.15, -0.1) is 12.4 Å². The first-order valence-electron chi connectivity index (χ1n) is 2.21. The molecule has 0 aromatic heterocycles. The van der Waals surface area contributed by atoms with E-state index in [-0.39, 0.29) is 24.0 Å². The average molecular weight is 142 g/mol. The summed E-state index contributed by atoms with van der Waals surface area (Å²) in [5, 5.41) is 0. The van der Waals surface area contributed by atoms with Crippen LogP contribution in [0.4, 0.5) is 0 Å². The first-order valence-corrected chi connectivity index (χ1v) is 2.21. The minimum absolute atomic E-state index is 0. The Morgan fingerprint density at radius 3 is 1.25 bits per heavy atom. The summed E-state index contributed by atoms with van der Waals surface area (Å²) in [5.41, 5.74) is 0.750. The van der Waals surface area contributed by atoms with Crippen LogP contribution in [0.15, 0.2) is 0 Å².